The van der Waals surface area contributed by atoms with Crippen molar-refractivity contribution < 1.29 is 18.3 Å². The van der Waals surface area contributed by atoms with Crippen molar-refractivity contribution in [2.75, 3.05) is 5.32 Å². The maximum atomic E-state index is 12.1. The summed E-state index contributed by atoms with van der Waals surface area (Å²) >= 11 is 1.19. The van der Waals surface area contributed by atoms with Gasteiger partial charge in [-0.15, -0.1) is 10.2 Å². The number of anilines is 1. The van der Waals surface area contributed by atoms with Crippen molar-refractivity contribution >= 4 is 22.4 Å². The second-order valence-corrected chi connectivity index (χ2v) is 5.61. The number of hydrogen-bond donors (Lipinski definition) is 1. The molecular weight excluding hydrogens is 336 g/mol. The van der Waals surface area contributed by atoms with Crippen LogP contribution in [0.1, 0.15) is 10.4 Å². The van der Waals surface area contributed by atoms with Crippen LogP contribution in [0.4, 0.5) is 13.9 Å². The highest BCUT2D eigenvalue weighted by atomic mass is 32.1. The van der Waals surface area contributed by atoms with E-state index < -0.39 is 6.61 Å². The standard InChI is InChI=1S/C16H11F2N3O2S/c17-15(18)23-12-8-6-11(7-9-12)14-20-21-16(24-14)19-13(22)10-4-2-1-3-5-10/h1-9,15H,(H,19,21,22). The smallest absolute Gasteiger partial charge is 0.387 e. The van der Waals surface area contributed by atoms with Crippen molar-refractivity contribution in [1.29, 1.82) is 0 Å². The van der Waals surface area contributed by atoms with Crippen molar-refractivity contribution in [3.05, 3.63) is 60.2 Å². The maximum Gasteiger partial charge on any atom is 0.387 e. The molecule has 0 saturated carbocycles. The van der Waals surface area contributed by atoms with Gasteiger partial charge < -0.3 is 4.74 Å². The zero-order valence-corrected chi connectivity index (χ0v) is 13.0. The Morgan fingerprint density at radius 1 is 1.04 bits per heavy atom. The summed E-state index contributed by atoms with van der Waals surface area (Å²) in [6, 6.07) is 14.8. The third kappa shape index (κ3) is 3.90. The number of carbonyl (C=O) groups is 1. The lowest BCUT2D eigenvalue weighted by Crippen LogP contribution is -2.11. The van der Waals surface area contributed by atoms with Crippen molar-refractivity contribution in [3.8, 4) is 16.3 Å². The fraction of sp³-hybridized carbons (Fsp3) is 0.0625. The lowest BCUT2D eigenvalue weighted by Gasteiger charge is -2.04. The highest BCUT2D eigenvalue weighted by molar-refractivity contribution is 7.18. The van der Waals surface area contributed by atoms with E-state index in [1.165, 1.54) is 23.5 Å². The van der Waals surface area contributed by atoms with Gasteiger partial charge in [-0.05, 0) is 36.4 Å². The molecule has 3 aromatic rings. The minimum absolute atomic E-state index is 0.0656. The van der Waals surface area contributed by atoms with Crippen molar-refractivity contribution in [1.82, 2.24) is 10.2 Å². The molecule has 0 saturated heterocycles. The normalized spacial score (nSPS) is 10.6. The molecule has 8 heteroatoms. The average molecular weight is 347 g/mol. The quantitative estimate of drug-likeness (QED) is 0.756. The molecule has 24 heavy (non-hydrogen) atoms. The van der Waals surface area contributed by atoms with Crippen LogP contribution in [0.3, 0.4) is 0 Å². The van der Waals surface area contributed by atoms with E-state index in [4.69, 9.17) is 0 Å². The van der Waals surface area contributed by atoms with Gasteiger partial charge in [0.2, 0.25) is 5.13 Å². The second kappa shape index (κ2) is 7.14. The molecule has 0 aliphatic rings. The highest BCUT2D eigenvalue weighted by Gasteiger charge is 2.11. The van der Waals surface area contributed by atoms with Crippen LogP contribution in [-0.2, 0) is 0 Å². The lowest BCUT2D eigenvalue weighted by atomic mass is 10.2. The molecule has 0 spiro atoms. The summed E-state index contributed by atoms with van der Waals surface area (Å²) in [6.45, 7) is -2.86. The molecule has 0 atom stereocenters. The van der Waals surface area contributed by atoms with E-state index in [1.807, 2.05) is 6.07 Å². The van der Waals surface area contributed by atoms with Crippen molar-refractivity contribution in [2.24, 2.45) is 0 Å². The molecule has 0 aliphatic carbocycles. The monoisotopic (exact) mass is 347 g/mol. The minimum atomic E-state index is -2.86. The molecule has 0 radical (unpaired) electrons. The zero-order valence-electron chi connectivity index (χ0n) is 12.1. The number of amides is 1. The van der Waals surface area contributed by atoms with Crippen molar-refractivity contribution in [3.63, 3.8) is 0 Å². The van der Waals surface area contributed by atoms with E-state index in [2.05, 4.69) is 20.3 Å². The summed E-state index contributed by atoms with van der Waals surface area (Å²) in [5.41, 5.74) is 1.21. The van der Waals surface area contributed by atoms with Crippen LogP contribution in [0, 0.1) is 0 Å². The Kier molecular flexibility index (Phi) is 4.76. The lowest BCUT2D eigenvalue weighted by molar-refractivity contribution is -0.0498. The van der Waals surface area contributed by atoms with Crippen LogP contribution in [0.25, 0.3) is 10.6 Å². The first-order valence-electron chi connectivity index (χ1n) is 6.87. The minimum Gasteiger partial charge on any atom is -0.435 e. The second-order valence-electron chi connectivity index (χ2n) is 4.64. The molecule has 0 fully saturated rings. The SMILES string of the molecule is O=C(Nc1nnc(-c2ccc(OC(F)F)cc2)s1)c1ccccc1. The number of alkyl halides is 2. The molecule has 3 rings (SSSR count). The van der Waals surface area contributed by atoms with Crippen LogP contribution in [0.2, 0.25) is 0 Å². The average Bonchev–Trinajstić information content (AvgIpc) is 3.04. The Labute approximate surface area is 139 Å². The number of benzene rings is 2. The molecule has 1 aromatic heterocycles. The van der Waals surface area contributed by atoms with Crippen LogP contribution in [-0.4, -0.2) is 22.7 Å². The van der Waals surface area contributed by atoms with Crippen molar-refractivity contribution in [2.45, 2.75) is 6.61 Å². The van der Waals surface area contributed by atoms with Gasteiger partial charge in [0.25, 0.3) is 5.91 Å². The number of aromatic nitrogens is 2. The van der Waals surface area contributed by atoms with E-state index in [1.54, 1.807) is 36.4 Å². The Morgan fingerprint density at radius 3 is 2.42 bits per heavy atom. The molecule has 0 bridgehead atoms. The predicted octanol–water partition coefficient (Wildman–Crippen LogP) is 4.06. The Hall–Kier alpha value is -2.87. The molecule has 1 N–H and O–H groups in total. The van der Waals surface area contributed by atoms with Gasteiger partial charge in [-0.25, -0.2) is 0 Å². The fourth-order valence-corrected chi connectivity index (χ4v) is 2.67. The third-order valence-corrected chi connectivity index (χ3v) is 3.90. The Balaban J connectivity index is 1.70. The summed E-state index contributed by atoms with van der Waals surface area (Å²) < 4.78 is 28.5. The Bertz CT molecular complexity index is 823. The van der Waals surface area contributed by atoms with Gasteiger partial charge in [0.15, 0.2) is 0 Å². The van der Waals surface area contributed by atoms with E-state index in [0.717, 1.165) is 0 Å². The largest absolute Gasteiger partial charge is 0.435 e. The number of nitrogens with zero attached hydrogens (tertiary/aromatic N) is 2. The van der Waals surface area contributed by atoms with Crippen LogP contribution in [0.15, 0.2) is 54.6 Å². The maximum absolute atomic E-state index is 12.1. The van der Waals surface area contributed by atoms with Crippen LogP contribution >= 0.6 is 11.3 Å². The summed E-state index contributed by atoms with van der Waals surface area (Å²) in [6.07, 6.45) is 0. The van der Waals surface area contributed by atoms with Gasteiger partial charge in [0, 0.05) is 11.1 Å². The molecule has 0 aliphatic heterocycles. The molecule has 2 aromatic carbocycles. The highest BCUT2D eigenvalue weighted by Crippen LogP contribution is 2.28. The van der Waals surface area contributed by atoms with E-state index >= 15 is 0 Å². The summed E-state index contributed by atoms with van der Waals surface area (Å²) in [7, 11) is 0. The number of hydrogen-bond acceptors (Lipinski definition) is 5. The molecule has 0 unspecified atom stereocenters. The Morgan fingerprint density at radius 2 is 1.75 bits per heavy atom. The molecule has 1 heterocycles. The third-order valence-electron chi connectivity index (χ3n) is 3.01. The molecule has 122 valence electrons. The van der Waals surface area contributed by atoms with Gasteiger partial charge >= 0.3 is 6.61 Å². The van der Waals surface area contributed by atoms with Gasteiger partial charge in [0.1, 0.15) is 10.8 Å². The summed E-state index contributed by atoms with van der Waals surface area (Å²) in [5.74, 6) is -0.213. The van der Waals surface area contributed by atoms with Crippen LogP contribution in [0.5, 0.6) is 5.75 Å². The first-order valence-corrected chi connectivity index (χ1v) is 7.68. The van der Waals surface area contributed by atoms with Gasteiger partial charge in [0.05, 0.1) is 0 Å². The first-order chi connectivity index (χ1) is 11.6. The molecule has 1 amide bonds. The number of nitrogens with one attached hydrogen (secondary N) is 1. The number of halogens is 2. The van der Waals surface area contributed by atoms with E-state index in [9.17, 15) is 13.6 Å². The number of carbonyl (C=O) groups excluding carboxylic acids is 1. The molecular formula is C16H11F2N3O2S. The summed E-state index contributed by atoms with van der Waals surface area (Å²) in [4.78, 5) is 12.0. The van der Waals surface area contributed by atoms with Gasteiger partial charge in [-0.1, -0.05) is 29.5 Å². The van der Waals surface area contributed by atoms with E-state index in [0.29, 0.717) is 21.3 Å². The zero-order chi connectivity index (χ0) is 16.9. The topological polar surface area (TPSA) is 64.1 Å². The van der Waals surface area contributed by atoms with Gasteiger partial charge in [-0.3, -0.25) is 10.1 Å². The number of rotatable bonds is 5. The predicted molar refractivity (Wildman–Crippen MR) is 86.4 cm³/mol. The van der Waals surface area contributed by atoms with Crippen LogP contribution < -0.4 is 10.1 Å². The van der Waals surface area contributed by atoms with Gasteiger partial charge in [-0.2, -0.15) is 8.78 Å². The fourth-order valence-electron chi connectivity index (χ4n) is 1.93. The summed E-state index contributed by atoms with van der Waals surface area (Å²) in [5, 5.41) is 11.5. The molecule has 5 nitrogen and oxygen atoms in total. The van der Waals surface area contributed by atoms with E-state index in [-0.39, 0.29) is 11.7 Å². The number of ether oxygens (including phenoxy) is 1. The first kappa shape index (κ1) is 16.0.